The van der Waals surface area contributed by atoms with Gasteiger partial charge in [-0.05, 0) is 86.2 Å². The average molecular weight is 444 g/mol. The molecule has 2 spiro atoms. The Balaban J connectivity index is 1.32. The molecular weight excluding hydrogens is 410 g/mol. The molecule has 0 bridgehead atoms. The molecule has 162 valence electrons. The first-order valence-corrected chi connectivity index (χ1v) is 14.1. The lowest BCUT2D eigenvalue weighted by molar-refractivity contribution is -0.171. The SMILES string of the molecule is Cc1ccc(C(C)(C(=O)N2C3CC4CC5(C)CC6(C)C3(CS2=O)C456)C2CCCC2)s1. The van der Waals surface area contributed by atoms with Crippen LogP contribution in [0.2, 0.25) is 0 Å². The van der Waals surface area contributed by atoms with Crippen LogP contribution in [0.4, 0.5) is 0 Å². The zero-order valence-electron chi connectivity index (χ0n) is 18.6. The molecular formula is C25H33NO2S2. The van der Waals surface area contributed by atoms with E-state index in [-0.39, 0.29) is 17.4 Å². The molecule has 5 saturated carbocycles. The maximum Gasteiger partial charge on any atom is 0.246 e. The average Bonchev–Trinajstić information content (AvgIpc) is 3.30. The first kappa shape index (κ1) is 18.8. The molecule has 1 aliphatic heterocycles. The minimum Gasteiger partial charge on any atom is -0.273 e. The molecule has 8 atom stereocenters. The summed E-state index contributed by atoms with van der Waals surface area (Å²) in [5, 5.41) is 0. The Kier molecular flexibility index (Phi) is 3.21. The summed E-state index contributed by atoms with van der Waals surface area (Å²) in [6, 6.07) is 4.55. The Bertz CT molecular complexity index is 1030. The van der Waals surface area contributed by atoms with Gasteiger partial charge in [-0.1, -0.05) is 26.7 Å². The van der Waals surface area contributed by atoms with E-state index in [2.05, 4.69) is 39.8 Å². The molecule has 2 heterocycles. The molecule has 1 saturated heterocycles. The largest absolute Gasteiger partial charge is 0.273 e. The maximum absolute atomic E-state index is 14.5. The normalized spacial score (nSPS) is 52.1. The molecule has 30 heavy (non-hydrogen) atoms. The van der Waals surface area contributed by atoms with E-state index in [0.717, 1.165) is 30.9 Å². The highest BCUT2D eigenvalue weighted by Gasteiger charge is 3.06. The number of amides is 1. The first-order valence-electron chi connectivity index (χ1n) is 12.0. The fourth-order valence-electron chi connectivity index (χ4n) is 10.9. The molecule has 7 rings (SSSR count). The molecule has 1 amide bonds. The molecule has 8 unspecified atom stereocenters. The Labute approximate surface area is 186 Å². The van der Waals surface area contributed by atoms with Crippen LogP contribution in [0.25, 0.3) is 0 Å². The lowest BCUT2D eigenvalue weighted by Gasteiger charge is -2.65. The van der Waals surface area contributed by atoms with E-state index in [1.54, 1.807) is 11.3 Å². The third kappa shape index (κ3) is 1.53. The van der Waals surface area contributed by atoms with Crippen LogP contribution < -0.4 is 0 Å². The Morgan fingerprint density at radius 1 is 1.27 bits per heavy atom. The van der Waals surface area contributed by atoms with Crippen LogP contribution in [-0.4, -0.2) is 26.2 Å². The minimum atomic E-state index is -1.17. The fraction of sp³-hybridized carbons (Fsp3) is 0.800. The number of carbonyl (C=O) groups excluding carboxylic acids is 1. The van der Waals surface area contributed by atoms with Crippen molar-refractivity contribution in [3.63, 3.8) is 0 Å². The Morgan fingerprint density at radius 3 is 2.60 bits per heavy atom. The van der Waals surface area contributed by atoms with Crippen LogP contribution in [0.15, 0.2) is 12.1 Å². The second-order valence-electron chi connectivity index (χ2n) is 12.2. The van der Waals surface area contributed by atoms with Crippen LogP contribution in [0, 0.1) is 40.4 Å². The molecule has 3 nitrogen and oxygen atoms in total. The molecule has 1 aromatic rings. The van der Waals surface area contributed by atoms with Gasteiger partial charge in [-0.15, -0.1) is 11.3 Å². The quantitative estimate of drug-likeness (QED) is 0.643. The molecule has 6 aliphatic rings. The zero-order chi connectivity index (χ0) is 20.9. The third-order valence-corrected chi connectivity index (χ3v) is 14.3. The van der Waals surface area contributed by atoms with Gasteiger partial charge in [0, 0.05) is 15.2 Å². The minimum absolute atomic E-state index is 0.153. The smallest absolute Gasteiger partial charge is 0.246 e. The third-order valence-electron chi connectivity index (χ3n) is 11.5. The molecule has 6 fully saturated rings. The van der Waals surface area contributed by atoms with Gasteiger partial charge in [-0.25, -0.2) is 4.21 Å². The van der Waals surface area contributed by atoms with Gasteiger partial charge in [0.15, 0.2) is 0 Å². The summed E-state index contributed by atoms with van der Waals surface area (Å²) in [5.41, 5.74) is 0.846. The zero-order valence-corrected chi connectivity index (χ0v) is 20.3. The van der Waals surface area contributed by atoms with E-state index in [1.165, 1.54) is 35.4 Å². The molecule has 0 N–H and O–H groups in total. The van der Waals surface area contributed by atoms with E-state index in [4.69, 9.17) is 0 Å². The van der Waals surface area contributed by atoms with E-state index in [0.29, 0.717) is 22.2 Å². The fourth-order valence-corrected chi connectivity index (χ4v) is 14.2. The van der Waals surface area contributed by atoms with Gasteiger partial charge in [-0.3, -0.25) is 9.10 Å². The predicted octanol–water partition coefficient (Wildman–Crippen LogP) is 5.21. The van der Waals surface area contributed by atoms with Gasteiger partial charge in [0.25, 0.3) is 0 Å². The number of aryl methyl sites for hydroxylation is 1. The topological polar surface area (TPSA) is 37.4 Å². The number of thiophene rings is 1. The number of hydrogen-bond acceptors (Lipinski definition) is 3. The summed E-state index contributed by atoms with van der Waals surface area (Å²) >= 11 is 1.78. The van der Waals surface area contributed by atoms with Gasteiger partial charge in [0.2, 0.25) is 5.91 Å². The van der Waals surface area contributed by atoms with Gasteiger partial charge in [-0.2, -0.15) is 0 Å². The molecule has 0 aromatic carbocycles. The van der Waals surface area contributed by atoms with Crippen molar-refractivity contribution in [2.45, 2.75) is 84.1 Å². The van der Waals surface area contributed by atoms with Crippen molar-refractivity contribution < 1.29 is 9.00 Å². The lowest BCUT2D eigenvalue weighted by atomic mass is 9.39. The second-order valence-corrected chi connectivity index (χ2v) is 14.8. The first-order chi connectivity index (χ1) is 14.2. The van der Waals surface area contributed by atoms with Crippen LogP contribution in [0.5, 0.6) is 0 Å². The summed E-state index contributed by atoms with van der Waals surface area (Å²) in [6.07, 6.45) is 8.41. The summed E-state index contributed by atoms with van der Waals surface area (Å²) < 4.78 is 15.6. The highest BCUT2D eigenvalue weighted by Crippen LogP contribution is 3.08. The molecule has 1 aromatic heterocycles. The van der Waals surface area contributed by atoms with E-state index in [9.17, 15) is 9.00 Å². The van der Waals surface area contributed by atoms with Crippen LogP contribution in [0.1, 0.15) is 75.5 Å². The van der Waals surface area contributed by atoms with E-state index < -0.39 is 16.4 Å². The predicted molar refractivity (Wildman–Crippen MR) is 120 cm³/mol. The van der Waals surface area contributed by atoms with E-state index in [1.807, 2.05) is 4.31 Å². The van der Waals surface area contributed by atoms with Crippen molar-refractivity contribution >= 4 is 28.2 Å². The summed E-state index contributed by atoms with van der Waals surface area (Å²) in [4.78, 5) is 16.9. The number of rotatable bonds is 3. The highest BCUT2D eigenvalue weighted by atomic mass is 32.2. The Morgan fingerprint density at radius 2 is 2.00 bits per heavy atom. The van der Waals surface area contributed by atoms with Crippen molar-refractivity contribution in [1.29, 1.82) is 0 Å². The summed E-state index contributed by atoms with van der Waals surface area (Å²) in [6.45, 7) is 9.27. The lowest BCUT2D eigenvalue weighted by Crippen LogP contribution is -2.59. The number of nitrogens with zero attached hydrogens (tertiary/aromatic N) is 1. The molecule has 0 radical (unpaired) electrons. The van der Waals surface area contributed by atoms with Gasteiger partial charge in [0.05, 0.1) is 17.2 Å². The highest BCUT2D eigenvalue weighted by molar-refractivity contribution is 7.83. The van der Waals surface area contributed by atoms with Gasteiger partial charge >= 0.3 is 0 Å². The van der Waals surface area contributed by atoms with Crippen molar-refractivity contribution in [3.8, 4) is 0 Å². The second kappa shape index (κ2) is 5.11. The number of carbonyl (C=O) groups is 1. The molecule has 5 aliphatic carbocycles. The van der Waals surface area contributed by atoms with Gasteiger partial charge in [0.1, 0.15) is 11.0 Å². The molecule has 5 heteroatoms. The van der Waals surface area contributed by atoms with Crippen LogP contribution in [0.3, 0.4) is 0 Å². The van der Waals surface area contributed by atoms with Crippen molar-refractivity contribution in [1.82, 2.24) is 4.31 Å². The van der Waals surface area contributed by atoms with Crippen molar-refractivity contribution in [2.75, 3.05) is 5.75 Å². The van der Waals surface area contributed by atoms with E-state index >= 15 is 0 Å². The summed E-state index contributed by atoms with van der Waals surface area (Å²) in [5.74, 6) is 2.08. The van der Waals surface area contributed by atoms with Crippen LogP contribution >= 0.6 is 11.3 Å². The van der Waals surface area contributed by atoms with Crippen molar-refractivity contribution in [2.24, 2.45) is 33.5 Å². The monoisotopic (exact) mass is 443 g/mol. The van der Waals surface area contributed by atoms with Crippen molar-refractivity contribution in [3.05, 3.63) is 21.9 Å². The standard InChI is InChI=1S/C25H33NO2S2/c1-15-9-10-19(29-15)23(4,16-7-5-6-8-16)20(27)26-18-11-17-12-21(2)13-22(3)24(18,14-30(26)28)25(17,21)22/h9-10,16-18H,5-8,11-14H2,1-4H3. The summed E-state index contributed by atoms with van der Waals surface area (Å²) in [7, 11) is -1.17. The van der Waals surface area contributed by atoms with Gasteiger partial charge < -0.3 is 0 Å². The number of hydrogen-bond donors (Lipinski definition) is 0. The van der Waals surface area contributed by atoms with Crippen LogP contribution in [-0.2, 0) is 21.2 Å². The maximum atomic E-state index is 14.5. The Hall–Kier alpha value is -0.680.